The van der Waals surface area contributed by atoms with Crippen LogP contribution < -0.4 is 4.74 Å². The van der Waals surface area contributed by atoms with Crippen LogP contribution in [0.3, 0.4) is 0 Å². The minimum absolute atomic E-state index is 0.0797. The maximum atomic E-state index is 13.0. The van der Waals surface area contributed by atoms with E-state index in [0.717, 1.165) is 12.1 Å². The second-order valence-corrected chi connectivity index (χ2v) is 8.72. The number of nitrogens with zero attached hydrogens (tertiary/aromatic N) is 2. The SMILES string of the molecule is O=[N+]([O-])c1ccc(OC2CCN(Cc3ccc(C(O)(C(F)(F)F)C(F)(F)F)cc3)CC2)c(Br)c1. The van der Waals surface area contributed by atoms with Crippen molar-refractivity contribution in [1.82, 2.24) is 4.90 Å². The van der Waals surface area contributed by atoms with E-state index in [1.165, 1.54) is 18.2 Å². The highest BCUT2D eigenvalue weighted by Gasteiger charge is 2.71. The van der Waals surface area contributed by atoms with Gasteiger partial charge in [-0.25, -0.2) is 0 Å². The molecule has 0 amide bonds. The Morgan fingerprint density at radius 3 is 2.06 bits per heavy atom. The summed E-state index contributed by atoms with van der Waals surface area (Å²) in [6.45, 7) is 1.42. The molecule has 2 aromatic carbocycles. The third-order valence-corrected chi connectivity index (χ3v) is 6.17. The van der Waals surface area contributed by atoms with E-state index in [2.05, 4.69) is 15.9 Å². The minimum atomic E-state index is -5.92. The first-order valence-electron chi connectivity index (χ1n) is 10.0. The Bertz CT molecular complexity index is 1010. The van der Waals surface area contributed by atoms with Crippen molar-refractivity contribution in [2.75, 3.05) is 13.1 Å². The second kappa shape index (κ2) is 9.70. The van der Waals surface area contributed by atoms with Crippen LogP contribution in [0.25, 0.3) is 0 Å². The highest BCUT2D eigenvalue weighted by Crippen LogP contribution is 2.50. The Hall–Kier alpha value is -2.38. The first-order valence-corrected chi connectivity index (χ1v) is 10.8. The molecule has 0 bridgehead atoms. The van der Waals surface area contributed by atoms with Gasteiger partial charge in [-0.15, -0.1) is 0 Å². The van der Waals surface area contributed by atoms with Gasteiger partial charge in [-0.3, -0.25) is 15.0 Å². The van der Waals surface area contributed by atoms with Gasteiger partial charge in [-0.2, -0.15) is 26.3 Å². The molecule has 2 aromatic rings. The average molecular weight is 557 g/mol. The van der Waals surface area contributed by atoms with Gasteiger partial charge in [0.2, 0.25) is 0 Å². The van der Waals surface area contributed by atoms with Gasteiger partial charge in [-0.05, 0) is 40.4 Å². The first kappa shape index (κ1) is 26.2. The van der Waals surface area contributed by atoms with Crippen molar-refractivity contribution in [1.29, 1.82) is 0 Å². The molecule has 13 heteroatoms. The highest BCUT2D eigenvalue weighted by atomic mass is 79.9. The molecule has 6 nitrogen and oxygen atoms in total. The Labute approximate surface area is 198 Å². The number of aliphatic hydroxyl groups is 1. The summed E-state index contributed by atoms with van der Waals surface area (Å²) in [6.07, 6.45) is -10.8. The van der Waals surface area contributed by atoms with E-state index < -0.39 is 28.4 Å². The minimum Gasteiger partial charge on any atom is -0.489 e. The maximum absolute atomic E-state index is 13.0. The van der Waals surface area contributed by atoms with Crippen LogP contribution in [0.15, 0.2) is 46.9 Å². The molecule has 186 valence electrons. The number of halogens is 7. The smallest absolute Gasteiger partial charge is 0.430 e. The molecule has 3 rings (SSSR count). The Kier molecular flexibility index (Phi) is 7.48. The molecule has 1 aliphatic heterocycles. The molecule has 0 spiro atoms. The number of hydrogen-bond acceptors (Lipinski definition) is 5. The zero-order valence-electron chi connectivity index (χ0n) is 17.4. The van der Waals surface area contributed by atoms with E-state index in [1.54, 1.807) is 0 Å². The maximum Gasteiger partial charge on any atom is 0.430 e. The summed E-state index contributed by atoms with van der Waals surface area (Å²) < 4.78 is 84.4. The summed E-state index contributed by atoms with van der Waals surface area (Å²) in [5.41, 5.74) is -5.82. The number of piperidine rings is 1. The van der Waals surface area contributed by atoms with Gasteiger partial charge < -0.3 is 9.84 Å². The van der Waals surface area contributed by atoms with Gasteiger partial charge in [0, 0.05) is 37.3 Å². The van der Waals surface area contributed by atoms with E-state index in [4.69, 9.17) is 4.74 Å². The standard InChI is InChI=1S/C21H19BrF6N2O4/c22-17-11-15(30(32)33)5-6-18(17)34-16-7-9-29(10-8-16)12-13-1-3-14(4-2-13)19(31,20(23,24)25)21(26,27)28/h1-6,11,16,31H,7-10,12H2. The van der Waals surface area contributed by atoms with Crippen LogP contribution in [0, 0.1) is 10.1 Å². The largest absolute Gasteiger partial charge is 0.489 e. The van der Waals surface area contributed by atoms with Crippen molar-refractivity contribution in [3.05, 3.63) is 68.2 Å². The third kappa shape index (κ3) is 5.47. The third-order valence-electron chi connectivity index (χ3n) is 5.55. The predicted octanol–water partition coefficient (Wildman–Crippen LogP) is 5.71. The number of ether oxygens (including phenoxy) is 1. The number of hydrogen-bond donors (Lipinski definition) is 1. The van der Waals surface area contributed by atoms with Gasteiger partial charge >= 0.3 is 12.4 Å². The predicted molar refractivity (Wildman–Crippen MR) is 112 cm³/mol. The van der Waals surface area contributed by atoms with E-state index >= 15 is 0 Å². The van der Waals surface area contributed by atoms with Crippen LogP contribution in [0.5, 0.6) is 5.75 Å². The van der Waals surface area contributed by atoms with Crippen molar-refractivity contribution in [2.24, 2.45) is 0 Å². The van der Waals surface area contributed by atoms with Crippen LogP contribution in [-0.4, -0.2) is 46.5 Å². The van der Waals surface area contributed by atoms with Crippen molar-refractivity contribution >= 4 is 21.6 Å². The molecule has 34 heavy (non-hydrogen) atoms. The van der Waals surface area contributed by atoms with Crippen molar-refractivity contribution in [3.8, 4) is 5.75 Å². The molecule has 0 radical (unpaired) electrons. The topological polar surface area (TPSA) is 75.8 Å². The van der Waals surface area contributed by atoms with E-state index in [-0.39, 0.29) is 11.8 Å². The fourth-order valence-electron chi connectivity index (χ4n) is 3.66. The first-order chi connectivity index (χ1) is 15.7. The lowest BCUT2D eigenvalue weighted by atomic mass is 9.91. The molecule has 1 aliphatic rings. The van der Waals surface area contributed by atoms with Crippen molar-refractivity contribution in [3.63, 3.8) is 0 Å². The normalized spacial score (nSPS) is 16.5. The van der Waals surface area contributed by atoms with E-state index in [0.29, 0.717) is 60.4 Å². The van der Waals surface area contributed by atoms with Crippen LogP contribution in [0.2, 0.25) is 0 Å². The lowest BCUT2D eigenvalue weighted by molar-refractivity contribution is -0.385. The summed E-state index contributed by atoms with van der Waals surface area (Å²) in [5, 5.41) is 20.3. The molecule has 0 aromatic heterocycles. The Morgan fingerprint density at radius 2 is 1.59 bits per heavy atom. The number of likely N-dealkylation sites (tertiary alicyclic amines) is 1. The van der Waals surface area contributed by atoms with E-state index in [9.17, 15) is 41.6 Å². The molecular weight excluding hydrogens is 538 g/mol. The van der Waals surface area contributed by atoms with Gasteiger partial charge in [0.15, 0.2) is 0 Å². The van der Waals surface area contributed by atoms with E-state index in [1.807, 2.05) is 4.90 Å². The van der Waals surface area contributed by atoms with Crippen molar-refractivity contribution in [2.45, 2.75) is 43.4 Å². The van der Waals surface area contributed by atoms with Gasteiger partial charge in [0.1, 0.15) is 11.9 Å². The average Bonchev–Trinajstić information content (AvgIpc) is 2.74. The number of benzene rings is 2. The molecule has 1 fully saturated rings. The Morgan fingerprint density at radius 1 is 1.03 bits per heavy atom. The molecule has 0 aliphatic carbocycles. The van der Waals surface area contributed by atoms with Gasteiger partial charge in [0.05, 0.1) is 9.40 Å². The fraction of sp³-hybridized carbons (Fsp3) is 0.429. The summed E-state index contributed by atoms with van der Waals surface area (Å²) in [4.78, 5) is 12.3. The number of nitro groups is 1. The zero-order chi connectivity index (χ0) is 25.3. The number of nitro benzene ring substituents is 1. The number of alkyl halides is 6. The fourth-order valence-corrected chi connectivity index (χ4v) is 4.12. The molecule has 0 atom stereocenters. The monoisotopic (exact) mass is 556 g/mol. The van der Waals surface area contributed by atoms with Crippen LogP contribution in [-0.2, 0) is 12.1 Å². The lowest BCUT2D eigenvalue weighted by Gasteiger charge is -2.33. The molecular formula is C21H19BrF6N2O4. The summed E-state index contributed by atoms with van der Waals surface area (Å²) in [7, 11) is 0. The lowest BCUT2D eigenvalue weighted by Crippen LogP contribution is -2.53. The molecule has 1 N–H and O–H groups in total. The zero-order valence-corrected chi connectivity index (χ0v) is 19.0. The van der Waals surface area contributed by atoms with Crippen LogP contribution in [0.1, 0.15) is 24.0 Å². The summed E-state index contributed by atoms with van der Waals surface area (Å²) in [6, 6.07) is 7.71. The number of rotatable bonds is 6. The quantitative estimate of drug-likeness (QED) is 0.280. The summed E-state index contributed by atoms with van der Waals surface area (Å²) in [5.74, 6) is 0.460. The van der Waals surface area contributed by atoms with Crippen molar-refractivity contribution < 1.29 is 41.1 Å². The molecule has 0 unspecified atom stereocenters. The molecule has 1 heterocycles. The molecule has 0 saturated carbocycles. The van der Waals surface area contributed by atoms with Gasteiger partial charge in [-0.1, -0.05) is 24.3 Å². The number of non-ortho nitro benzene ring substituents is 1. The second-order valence-electron chi connectivity index (χ2n) is 7.87. The Balaban J connectivity index is 1.59. The van der Waals surface area contributed by atoms with Gasteiger partial charge in [0.25, 0.3) is 11.3 Å². The van der Waals surface area contributed by atoms with Crippen LogP contribution in [0.4, 0.5) is 32.0 Å². The summed E-state index contributed by atoms with van der Waals surface area (Å²) >= 11 is 3.24. The highest BCUT2D eigenvalue weighted by molar-refractivity contribution is 9.10. The van der Waals surface area contributed by atoms with Crippen LogP contribution >= 0.6 is 15.9 Å². The molecule has 1 saturated heterocycles.